The molecule has 2 N–H and O–H groups in total. The summed E-state index contributed by atoms with van der Waals surface area (Å²) >= 11 is 0. The average molecular weight is 194 g/mol. The molecule has 2 rings (SSSR count). The Balaban J connectivity index is 0.000000227. The molecule has 0 aliphatic carbocycles. The van der Waals surface area contributed by atoms with Crippen LogP contribution in [-0.4, -0.2) is 23.1 Å². The zero-order chi connectivity index (χ0) is 9.36. The molecule has 66 valence electrons. The van der Waals surface area contributed by atoms with E-state index < -0.39 is 0 Å². The molecule has 2 heteroatoms. The van der Waals surface area contributed by atoms with Crippen molar-refractivity contribution in [2.24, 2.45) is 0 Å². The van der Waals surface area contributed by atoms with Crippen LogP contribution >= 0.6 is 0 Å². The quantitative estimate of drug-likeness (QED) is 0.387. The number of nitrogens with two attached hydrogens (primary N) is 1. The van der Waals surface area contributed by atoms with Crippen molar-refractivity contribution >= 4 is 28.7 Å². The van der Waals surface area contributed by atoms with Crippen LogP contribution in [0.1, 0.15) is 0 Å². The number of anilines is 1. The van der Waals surface area contributed by atoms with Gasteiger partial charge in [0.25, 0.3) is 0 Å². The van der Waals surface area contributed by atoms with Crippen LogP contribution in [0.4, 0.5) is 5.69 Å². The van der Waals surface area contributed by atoms with Crippen molar-refractivity contribution < 1.29 is 0 Å². The van der Waals surface area contributed by atoms with Gasteiger partial charge in [-0.2, -0.15) is 60.7 Å². The van der Waals surface area contributed by atoms with Gasteiger partial charge in [-0.3, -0.25) is 0 Å². The van der Waals surface area contributed by atoms with Gasteiger partial charge in [-0.15, -0.1) is 6.07 Å². The van der Waals surface area contributed by atoms with Crippen molar-refractivity contribution in [2.45, 2.75) is 0 Å². The monoisotopic (exact) mass is 193 g/mol. The van der Waals surface area contributed by atoms with Gasteiger partial charge in [-0.25, -0.2) is 0 Å². The van der Waals surface area contributed by atoms with Gasteiger partial charge in [0, 0.05) is 0 Å². The second-order valence-corrected chi connectivity index (χ2v) is 2.40. The minimum Gasteiger partial charge on any atom is -0.420 e. The molecule has 14 heavy (non-hydrogen) atoms. The Morgan fingerprint density at radius 3 is 1.71 bits per heavy atom. The van der Waals surface area contributed by atoms with Crippen LogP contribution in [0.15, 0.2) is 54.6 Å². The first-order chi connectivity index (χ1) is 6.39. The molecule has 1 nitrogen and oxygen atoms in total. The Hall–Kier alpha value is -0.994. The number of nitrogen functional groups attached to an aromatic ring is 1. The van der Waals surface area contributed by atoms with Crippen LogP contribution in [-0.2, 0) is 0 Å². The van der Waals surface area contributed by atoms with Gasteiger partial charge in [0.1, 0.15) is 0 Å². The average Bonchev–Trinajstić information content (AvgIpc) is 2.22. The molecular weight excluding hydrogens is 182 g/mol. The Bertz CT molecular complexity index is 281. The molecular formula is C12H11MgN. The van der Waals surface area contributed by atoms with E-state index in [2.05, 4.69) is 12.1 Å². The second-order valence-electron chi connectivity index (χ2n) is 2.40. The van der Waals surface area contributed by atoms with Crippen LogP contribution in [0, 0.1) is 12.1 Å². The van der Waals surface area contributed by atoms with E-state index in [1.807, 2.05) is 42.5 Å². The first kappa shape index (κ1) is 13.0. The number of hydrogen-bond acceptors (Lipinski definition) is 1. The van der Waals surface area contributed by atoms with E-state index in [0.717, 1.165) is 0 Å². The van der Waals surface area contributed by atoms with E-state index in [9.17, 15) is 0 Å². The van der Waals surface area contributed by atoms with Crippen molar-refractivity contribution in [3.05, 3.63) is 66.7 Å². The van der Waals surface area contributed by atoms with E-state index in [4.69, 9.17) is 5.73 Å². The molecule has 0 unspecified atom stereocenters. The molecule has 2 aromatic rings. The summed E-state index contributed by atoms with van der Waals surface area (Å²) in [5, 5.41) is 0. The van der Waals surface area contributed by atoms with Crippen LogP contribution in [0.5, 0.6) is 0 Å². The van der Waals surface area contributed by atoms with Gasteiger partial charge >= 0.3 is 23.1 Å². The van der Waals surface area contributed by atoms with Gasteiger partial charge in [-0.1, -0.05) is 5.69 Å². The molecule has 0 saturated carbocycles. The summed E-state index contributed by atoms with van der Waals surface area (Å²) in [6, 6.07) is 22.7. The predicted molar refractivity (Wildman–Crippen MR) is 60.7 cm³/mol. The van der Waals surface area contributed by atoms with Crippen LogP contribution < -0.4 is 5.73 Å². The maximum absolute atomic E-state index is 5.30. The molecule has 0 heterocycles. The number of rotatable bonds is 0. The first-order valence-corrected chi connectivity index (χ1v) is 4.03. The van der Waals surface area contributed by atoms with Crippen molar-refractivity contribution in [2.75, 3.05) is 5.73 Å². The summed E-state index contributed by atoms with van der Waals surface area (Å²) in [6.45, 7) is 0. The summed E-state index contributed by atoms with van der Waals surface area (Å²) in [7, 11) is 0. The Labute approximate surface area is 101 Å². The fraction of sp³-hybridized carbons (Fsp3) is 0. The third kappa shape index (κ3) is 6.51. The maximum Gasteiger partial charge on any atom is 2.00 e. The van der Waals surface area contributed by atoms with Gasteiger partial charge in [-0.05, 0) is 0 Å². The number of benzene rings is 2. The van der Waals surface area contributed by atoms with Gasteiger partial charge in [0.15, 0.2) is 0 Å². The normalized spacial score (nSPS) is 7.71. The fourth-order valence-corrected chi connectivity index (χ4v) is 0.749. The molecule has 0 amide bonds. The molecule has 0 saturated heterocycles. The largest absolute Gasteiger partial charge is 2.00 e. The predicted octanol–water partition coefficient (Wildman–Crippen LogP) is 2.17. The summed E-state index contributed by atoms with van der Waals surface area (Å²) < 4.78 is 0. The minimum absolute atomic E-state index is 0. The van der Waals surface area contributed by atoms with E-state index in [1.54, 1.807) is 12.1 Å². The molecule has 0 fully saturated rings. The molecule has 2 aromatic carbocycles. The van der Waals surface area contributed by atoms with E-state index in [0.29, 0.717) is 5.69 Å². The zero-order valence-corrected chi connectivity index (χ0v) is 9.39. The van der Waals surface area contributed by atoms with Crippen molar-refractivity contribution in [3.8, 4) is 0 Å². The maximum atomic E-state index is 5.30. The molecule has 0 radical (unpaired) electrons. The van der Waals surface area contributed by atoms with Crippen molar-refractivity contribution in [1.29, 1.82) is 0 Å². The standard InChI is InChI=1S/C6H6N.C6H5.Mg/c7-6-4-2-1-3-5-6;1-2-4-6-5-3-1;/h1-4H,7H2;1-5H;/q2*-1;+2. The molecule has 0 bridgehead atoms. The van der Waals surface area contributed by atoms with E-state index >= 15 is 0 Å². The molecule has 0 aliphatic rings. The molecule has 0 atom stereocenters. The van der Waals surface area contributed by atoms with E-state index in [1.165, 1.54) is 0 Å². The summed E-state index contributed by atoms with van der Waals surface area (Å²) in [5.41, 5.74) is 6.00. The van der Waals surface area contributed by atoms with Crippen LogP contribution in [0.3, 0.4) is 0 Å². The summed E-state index contributed by atoms with van der Waals surface area (Å²) in [4.78, 5) is 0. The minimum atomic E-state index is 0. The number of hydrogen-bond donors (Lipinski definition) is 1. The molecule has 0 aromatic heterocycles. The van der Waals surface area contributed by atoms with Gasteiger partial charge in [0.2, 0.25) is 0 Å². The third-order valence-electron chi connectivity index (χ3n) is 1.34. The van der Waals surface area contributed by atoms with E-state index in [-0.39, 0.29) is 23.1 Å². The second kappa shape index (κ2) is 8.60. The van der Waals surface area contributed by atoms with Gasteiger partial charge in [0.05, 0.1) is 0 Å². The molecule has 0 aliphatic heterocycles. The third-order valence-corrected chi connectivity index (χ3v) is 1.34. The molecule has 0 spiro atoms. The Morgan fingerprint density at radius 1 is 0.857 bits per heavy atom. The zero-order valence-electron chi connectivity index (χ0n) is 7.98. The topological polar surface area (TPSA) is 26.0 Å². The first-order valence-electron chi connectivity index (χ1n) is 4.03. The SMILES string of the molecule is Nc1[c-]cccc1.[Mg+2].[c-]1ccccc1. The summed E-state index contributed by atoms with van der Waals surface area (Å²) in [6.07, 6.45) is 0. The van der Waals surface area contributed by atoms with Gasteiger partial charge < -0.3 is 5.73 Å². The smallest absolute Gasteiger partial charge is 0.420 e. The fourth-order valence-electron chi connectivity index (χ4n) is 0.749. The van der Waals surface area contributed by atoms with Crippen LogP contribution in [0.2, 0.25) is 0 Å². The Kier molecular flexibility index (Phi) is 7.99. The van der Waals surface area contributed by atoms with Crippen molar-refractivity contribution in [1.82, 2.24) is 0 Å². The Morgan fingerprint density at radius 2 is 1.50 bits per heavy atom. The van der Waals surface area contributed by atoms with Crippen molar-refractivity contribution in [3.63, 3.8) is 0 Å². The van der Waals surface area contributed by atoms with Crippen LogP contribution in [0.25, 0.3) is 0 Å². The summed E-state index contributed by atoms with van der Waals surface area (Å²) in [5.74, 6) is 0. The number of para-hydroxylation sites is 1.